The molecule has 0 amide bonds. The quantitative estimate of drug-likeness (QED) is 0.930. The molecule has 0 saturated carbocycles. The average molecular weight is 278 g/mol. The first kappa shape index (κ1) is 13.7. The van der Waals surface area contributed by atoms with Crippen LogP contribution in [0.15, 0.2) is 36.4 Å². The van der Waals surface area contributed by atoms with Crippen LogP contribution in [0.3, 0.4) is 0 Å². The highest BCUT2D eigenvalue weighted by atomic mass is 35.5. The molecule has 2 aromatic carbocycles. The molecule has 0 spiro atoms. The van der Waals surface area contributed by atoms with E-state index in [9.17, 15) is 0 Å². The third-order valence-corrected chi connectivity index (χ3v) is 3.24. The van der Waals surface area contributed by atoms with Crippen molar-refractivity contribution in [2.45, 2.75) is 6.54 Å². The molecule has 2 N–H and O–H groups in total. The molecule has 0 unspecified atom stereocenters. The maximum absolute atomic E-state index is 6.30. The Labute approximate surface area is 117 Å². The Bertz CT molecular complexity index is 562. The van der Waals surface area contributed by atoms with E-state index in [1.54, 1.807) is 14.2 Å². The Morgan fingerprint density at radius 1 is 1.00 bits per heavy atom. The highest BCUT2D eigenvalue weighted by Gasteiger charge is 2.08. The third-order valence-electron chi connectivity index (χ3n) is 2.93. The fourth-order valence-electron chi connectivity index (χ4n) is 1.88. The second-order valence-electron chi connectivity index (χ2n) is 4.12. The van der Waals surface area contributed by atoms with E-state index < -0.39 is 0 Å². The van der Waals surface area contributed by atoms with E-state index in [1.165, 1.54) is 0 Å². The van der Waals surface area contributed by atoms with Crippen molar-refractivity contribution >= 4 is 11.6 Å². The molecule has 4 heteroatoms. The monoisotopic (exact) mass is 277 g/mol. The van der Waals surface area contributed by atoms with Gasteiger partial charge < -0.3 is 15.2 Å². The molecule has 0 bridgehead atoms. The molecule has 0 atom stereocenters. The second-order valence-corrected chi connectivity index (χ2v) is 4.53. The fraction of sp³-hybridized carbons (Fsp3) is 0.200. The molecule has 2 rings (SSSR count). The summed E-state index contributed by atoms with van der Waals surface area (Å²) in [4.78, 5) is 0. The molecule has 0 aliphatic carbocycles. The highest BCUT2D eigenvalue weighted by molar-refractivity contribution is 6.33. The van der Waals surface area contributed by atoms with E-state index in [0.717, 1.165) is 28.2 Å². The third kappa shape index (κ3) is 3.00. The normalized spacial score (nSPS) is 10.3. The molecule has 100 valence electrons. The Morgan fingerprint density at radius 3 is 2.11 bits per heavy atom. The van der Waals surface area contributed by atoms with E-state index in [-0.39, 0.29) is 0 Å². The lowest BCUT2D eigenvalue weighted by atomic mass is 10.0. The van der Waals surface area contributed by atoms with Gasteiger partial charge in [0.2, 0.25) is 0 Å². The van der Waals surface area contributed by atoms with Gasteiger partial charge in [-0.3, -0.25) is 0 Å². The fourth-order valence-corrected chi connectivity index (χ4v) is 2.19. The summed E-state index contributed by atoms with van der Waals surface area (Å²) in [6.07, 6.45) is 0. The smallest absolute Gasteiger partial charge is 0.123 e. The topological polar surface area (TPSA) is 44.5 Å². The van der Waals surface area contributed by atoms with Crippen LogP contribution in [0.1, 0.15) is 5.56 Å². The van der Waals surface area contributed by atoms with Crippen LogP contribution in [0.4, 0.5) is 0 Å². The van der Waals surface area contributed by atoms with Crippen molar-refractivity contribution in [3.63, 3.8) is 0 Å². The lowest BCUT2D eigenvalue weighted by Gasteiger charge is -2.10. The number of methoxy groups -OCH3 is 2. The molecule has 0 radical (unpaired) electrons. The first-order valence-electron chi connectivity index (χ1n) is 5.90. The summed E-state index contributed by atoms with van der Waals surface area (Å²) in [5, 5.41) is 0.665. The zero-order valence-corrected chi connectivity index (χ0v) is 11.7. The summed E-state index contributed by atoms with van der Waals surface area (Å²) in [6, 6.07) is 11.5. The molecule has 0 aromatic heterocycles. The summed E-state index contributed by atoms with van der Waals surface area (Å²) in [5.41, 5.74) is 8.48. The minimum absolute atomic E-state index is 0.474. The van der Waals surface area contributed by atoms with Crippen molar-refractivity contribution < 1.29 is 9.47 Å². The van der Waals surface area contributed by atoms with E-state index in [1.807, 2.05) is 36.4 Å². The Kier molecular flexibility index (Phi) is 4.30. The summed E-state index contributed by atoms with van der Waals surface area (Å²) in [5.74, 6) is 1.46. The van der Waals surface area contributed by atoms with Crippen LogP contribution in [0, 0.1) is 0 Å². The van der Waals surface area contributed by atoms with Crippen molar-refractivity contribution in [3.05, 3.63) is 47.0 Å². The van der Waals surface area contributed by atoms with Gasteiger partial charge in [0.25, 0.3) is 0 Å². The Hall–Kier alpha value is -1.71. The van der Waals surface area contributed by atoms with Crippen LogP contribution in [-0.2, 0) is 6.54 Å². The molecule has 0 aliphatic heterocycles. The summed E-state index contributed by atoms with van der Waals surface area (Å²) >= 11 is 6.30. The van der Waals surface area contributed by atoms with Crippen LogP contribution in [0.25, 0.3) is 11.1 Å². The summed E-state index contributed by atoms with van der Waals surface area (Å²) < 4.78 is 10.5. The van der Waals surface area contributed by atoms with Crippen LogP contribution in [-0.4, -0.2) is 14.2 Å². The van der Waals surface area contributed by atoms with Crippen molar-refractivity contribution in [1.82, 2.24) is 0 Å². The molecule has 0 saturated heterocycles. The van der Waals surface area contributed by atoms with Gasteiger partial charge in [-0.15, -0.1) is 0 Å². The predicted octanol–water partition coefficient (Wildman–Crippen LogP) is 3.48. The maximum atomic E-state index is 6.30. The van der Waals surface area contributed by atoms with Crippen molar-refractivity contribution in [3.8, 4) is 22.6 Å². The molecule has 0 fully saturated rings. The highest BCUT2D eigenvalue weighted by Crippen LogP contribution is 2.34. The predicted molar refractivity (Wildman–Crippen MR) is 77.9 cm³/mol. The SMILES string of the molecule is COc1cc(OC)cc(-c2ccc(CN)cc2Cl)c1. The van der Waals surface area contributed by atoms with E-state index in [4.69, 9.17) is 26.8 Å². The molecule has 0 aliphatic rings. The molecule has 2 aromatic rings. The maximum Gasteiger partial charge on any atom is 0.123 e. The van der Waals surface area contributed by atoms with Crippen LogP contribution < -0.4 is 15.2 Å². The van der Waals surface area contributed by atoms with Crippen molar-refractivity contribution in [2.24, 2.45) is 5.73 Å². The number of hydrogen-bond acceptors (Lipinski definition) is 3. The van der Waals surface area contributed by atoms with Gasteiger partial charge in [0.05, 0.1) is 14.2 Å². The van der Waals surface area contributed by atoms with Gasteiger partial charge in [0.15, 0.2) is 0 Å². The number of halogens is 1. The number of ether oxygens (including phenoxy) is 2. The minimum atomic E-state index is 0.474. The lowest BCUT2D eigenvalue weighted by Crippen LogP contribution is -1.96. The summed E-state index contributed by atoms with van der Waals surface area (Å²) in [7, 11) is 3.25. The number of nitrogens with two attached hydrogens (primary N) is 1. The first-order chi connectivity index (χ1) is 9.17. The van der Waals surface area contributed by atoms with Crippen LogP contribution >= 0.6 is 11.6 Å². The number of rotatable bonds is 4. The van der Waals surface area contributed by atoms with Gasteiger partial charge in [-0.1, -0.05) is 23.7 Å². The Balaban J connectivity index is 2.51. The largest absolute Gasteiger partial charge is 0.497 e. The van der Waals surface area contributed by atoms with Gasteiger partial charge in [0.1, 0.15) is 11.5 Å². The number of hydrogen-bond donors (Lipinski definition) is 1. The minimum Gasteiger partial charge on any atom is -0.497 e. The van der Waals surface area contributed by atoms with Crippen LogP contribution in [0.5, 0.6) is 11.5 Å². The standard InChI is InChI=1S/C15H16ClNO2/c1-18-12-6-11(7-13(8-12)19-2)14-4-3-10(9-17)5-15(14)16/h3-8H,9,17H2,1-2H3. The molecule has 3 nitrogen and oxygen atoms in total. The van der Waals surface area contributed by atoms with Crippen molar-refractivity contribution in [2.75, 3.05) is 14.2 Å². The van der Waals surface area contributed by atoms with Gasteiger partial charge in [-0.2, -0.15) is 0 Å². The second kappa shape index (κ2) is 5.95. The molecule has 19 heavy (non-hydrogen) atoms. The van der Waals surface area contributed by atoms with Gasteiger partial charge in [-0.05, 0) is 29.3 Å². The molecular formula is C15H16ClNO2. The lowest BCUT2D eigenvalue weighted by molar-refractivity contribution is 0.394. The Morgan fingerprint density at radius 2 is 1.63 bits per heavy atom. The van der Waals surface area contributed by atoms with Crippen molar-refractivity contribution in [1.29, 1.82) is 0 Å². The van der Waals surface area contributed by atoms with E-state index in [2.05, 4.69) is 0 Å². The molecule has 0 heterocycles. The summed E-state index contributed by atoms with van der Waals surface area (Å²) in [6.45, 7) is 0.474. The molecular weight excluding hydrogens is 262 g/mol. The first-order valence-corrected chi connectivity index (χ1v) is 6.27. The average Bonchev–Trinajstić information content (AvgIpc) is 2.46. The number of benzene rings is 2. The van der Waals surface area contributed by atoms with Crippen LogP contribution in [0.2, 0.25) is 5.02 Å². The van der Waals surface area contributed by atoms with E-state index in [0.29, 0.717) is 11.6 Å². The van der Waals surface area contributed by atoms with Gasteiger partial charge >= 0.3 is 0 Å². The van der Waals surface area contributed by atoms with Gasteiger partial charge in [0, 0.05) is 23.2 Å². The zero-order chi connectivity index (χ0) is 13.8. The zero-order valence-electron chi connectivity index (χ0n) is 10.9. The van der Waals surface area contributed by atoms with E-state index >= 15 is 0 Å². The van der Waals surface area contributed by atoms with Gasteiger partial charge in [-0.25, -0.2) is 0 Å².